The molecule has 86 valence electrons. The van der Waals surface area contributed by atoms with Crippen molar-refractivity contribution in [3.05, 3.63) is 23.8 Å². The topological polar surface area (TPSA) is 72.8 Å². The third-order valence-corrected chi connectivity index (χ3v) is 1.99. The molecule has 0 amide bonds. The molecule has 0 aliphatic rings. The summed E-state index contributed by atoms with van der Waals surface area (Å²) in [6, 6.07) is 4.57. The summed E-state index contributed by atoms with van der Waals surface area (Å²) < 4.78 is 9.95. The van der Waals surface area contributed by atoms with Crippen LogP contribution >= 0.6 is 0 Å². The minimum absolute atomic E-state index is 0.263. The Kier molecular flexibility index (Phi) is 3.88. The first kappa shape index (κ1) is 12.0. The number of carboxylic acids is 1. The molecule has 1 aromatic carbocycles. The highest BCUT2D eigenvalue weighted by molar-refractivity contribution is 6.05. The lowest BCUT2D eigenvalue weighted by atomic mass is 10.1. The van der Waals surface area contributed by atoms with Crippen molar-refractivity contribution < 1.29 is 24.2 Å². The average molecular weight is 224 g/mol. The first-order valence-electron chi connectivity index (χ1n) is 4.55. The Balaban J connectivity index is 3.02. The average Bonchev–Trinajstić information content (AvgIpc) is 2.27. The van der Waals surface area contributed by atoms with Crippen molar-refractivity contribution in [2.75, 3.05) is 14.2 Å². The number of carbonyl (C=O) groups is 2. The van der Waals surface area contributed by atoms with E-state index in [0.29, 0.717) is 11.5 Å². The summed E-state index contributed by atoms with van der Waals surface area (Å²) in [4.78, 5) is 21.9. The van der Waals surface area contributed by atoms with Crippen LogP contribution in [0.1, 0.15) is 16.8 Å². The summed E-state index contributed by atoms with van der Waals surface area (Å²) in [6.07, 6.45) is -0.545. The maximum absolute atomic E-state index is 11.5. The molecule has 0 saturated heterocycles. The van der Waals surface area contributed by atoms with Crippen LogP contribution in [0.2, 0.25) is 0 Å². The van der Waals surface area contributed by atoms with Gasteiger partial charge in [0.25, 0.3) is 0 Å². The van der Waals surface area contributed by atoms with Crippen molar-refractivity contribution in [2.45, 2.75) is 6.42 Å². The Labute approximate surface area is 92.6 Å². The lowest BCUT2D eigenvalue weighted by Crippen LogP contribution is -2.07. The van der Waals surface area contributed by atoms with E-state index in [0.717, 1.165) is 0 Å². The van der Waals surface area contributed by atoms with E-state index >= 15 is 0 Å². The van der Waals surface area contributed by atoms with Crippen LogP contribution < -0.4 is 9.47 Å². The van der Waals surface area contributed by atoms with Crippen LogP contribution in [-0.4, -0.2) is 31.1 Å². The van der Waals surface area contributed by atoms with Gasteiger partial charge in [-0.3, -0.25) is 9.59 Å². The van der Waals surface area contributed by atoms with Gasteiger partial charge >= 0.3 is 5.97 Å². The molecule has 0 bridgehead atoms. The monoisotopic (exact) mass is 224 g/mol. The zero-order valence-corrected chi connectivity index (χ0v) is 9.02. The second-order valence-electron chi connectivity index (χ2n) is 3.10. The van der Waals surface area contributed by atoms with Gasteiger partial charge in [-0.15, -0.1) is 0 Å². The summed E-state index contributed by atoms with van der Waals surface area (Å²) >= 11 is 0. The molecule has 0 radical (unpaired) electrons. The highest BCUT2D eigenvalue weighted by Crippen LogP contribution is 2.23. The molecule has 0 atom stereocenters. The number of carboxylic acid groups (broad SMARTS) is 1. The van der Waals surface area contributed by atoms with E-state index in [2.05, 4.69) is 0 Å². The van der Waals surface area contributed by atoms with E-state index in [1.165, 1.54) is 26.4 Å². The summed E-state index contributed by atoms with van der Waals surface area (Å²) in [5.41, 5.74) is 0.263. The molecule has 1 aromatic rings. The van der Waals surface area contributed by atoms with Gasteiger partial charge in [0.1, 0.15) is 17.9 Å². The number of aliphatic carboxylic acids is 1. The summed E-state index contributed by atoms with van der Waals surface area (Å²) in [7, 11) is 2.92. The van der Waals surface area contributed by atoms with Crippen molar-refractivity contribution in [1.29, 1.82) is 0 Å². The fourth-order valence-electron chi connectivity index (χ4n) is 1.21. The lowest BCUT2D eigenvalue weighted by Gasteiger charge is -2.06. The van der Waals surface area contributed by atoms with Crippen molar-refractivity contribution in [1.82, 2.24) is 0 Å². The highest BCUT2D eigenvalue weighted by Gasteiger charge is 2.13. The van der Waals surface area contributed by atoms with Crippen LogP contribution in [0.5, 0.6) is 11.5 Å². The molecular formula is C11H12O5. The van der Waals surface area contributed by atoms with Crippen LogP contribution in [0, 0.1) is 0 Å². The molecule has 0 saturated carbocycles. The van der Waals surface area contributed by atoms with E-state index in [4.69, 9.17) is 14.6 Å². The molecule has 5 nitrogen and oxygen atoms in total. The minimum Gasteiger partial charge on any atom is -0.497 e. The van der Waals surface area contributed by atoms with E-state index in [1.54, 1.807) is 6.07 Å². The molecule has 16 heavy (non-hydrogen) atoms. The van der Waals surface area contributed by atoms with Gasteiger partial charge in [0.05, 0.1) is 14.2 Å². The summed E-state index contributed by atoms with van der Waals surface area (Å²) in [5.74, 6) is -0.738. The molecule has 0 aliphatic carbocycles. The summed E-state index contributed by atoms with van der Waals surface area (Å²) in [6.45, 7) is 0. The number of benzene rings is 1. The standard InChI is InChI=1S/C11H12O5/c1-15-8-3-7(4-9(5-8)16-2)10(12)6-11(13)14/h3-5H,6H2,1-2H3,(H,13,14). The van der Waals surface area contributed by atoms with E-state index < -0.39 is 18.2 Å². The third-order valence-electron chi connectivity index (χ3n) is 1.99. The van der Waals surface area contributed by atoms with E-state index in [1.807, 2.05) is 0 Å². The number of hydrogen-bond acceptors (Lipinski definition) is 4. The first-order chi connectivity index (χ1) is 7.56. The molecule has 1 rings (SSSR count). The van der Waals surface area contributed by atoms with Gasteiger partial charge in [0.2, 0.25) is 0 Å². The van der Waals surface area contributed by atoms with Crippen LogP contribution in [0.15, 0.2) is 18.2 Å². The largest absolute Gasteiger partial charge is 0.497 e. The lowest BCUT2D eigenvalue weighted by molar-refractivity contribution is -0.135. The van der Waals surface area contributed by atoms with E-state index in [9.17, 15) is 9.59 Å². The van der Waals surface area contributed by atoms with Crippen molar-refractivity contribution in [3.63, 3.8) is 0 Å². The van der Waals surface area contributed by atoms with Gasteiger partial charge in [-0.2, -0.15) is 0 Å². The Hall–Kier alpha value is -2.04. The van der Waals surface area contributed by atoms with Crippen molar-refractivity contribution >= 4 is 11.8 Å². The molecule has 0 aliphatic heterocycles. The normalized spacial score (nSPS) is 9.62. The first-order valence-corrected chi connectivity index (χ1v) is 4.55. The van der Waals surface area contributed by atoms with Crippen molar-refractivity contribution in [2.24, 2.45) is 0 Å². The fourth-order valence-corrected chi connectivity index (χ4v) is 1.21. The number of hydrogen-bond donors (Lipinski definition) is 1. The second kappa shape index (κ2) is 5.16. The fraction of sp³-hybridized carbons (Fsp3) is 0.273. The van der Waals surface area contributed by atoms with Crippen LogP contribution in [0.4, 0.5) is 0 Å². The predicted octanol–water partition coefficient (Wildman–Crippen LogP) is 1.36. The number of methoxy groups -OCH3 is 2. The van der Waals surface area contributed by atoms with E-state index in [-0.39, 0.29) is 5.56 Å². The summed E-state index contributed by atoms with van der Waals surface area (Å²) in [5, 5.41) is 8.51. The second-order valence-corrected chi connectivity index (χ2v) is 3.10. The quantitative estimate of drug-likeness (QED) is 0.604. The van der Waals surface area contributed by atoms with Gasteiger partial charge in [-0.05, 0) is 12.1 Å². The van der Waals surface area contributed by atoms with Crippen molar-refractivity contribution in [3.8, 4) is 11.5 Å². The molecule has 5 heteroatoms. The smallest absolute Gasteiger partial charge is 0.311 e. The molecule has 0 aromatic heterocycles. The Morgan fingerprint density at radius 2 is 1.62 bits per heavy atom. The zero-order valence-electron chi connectivity index (χ0n) is 9.02. The predicted molar refractivity (Wildman–Crippen MR) is 56.1 cm³/mol. The molecule has 0 fully saturated rings. The number of carbonyl (C=O) groups excluding carboxylic acids is 1. The number of Topliss-reactive ketones (excluding diaryl/α,β-unsaturated/α-hetero) is 1. The zero-order chi connectivity index (χ0) is 12.1. The Bertz CT molecular complexity index is 389. The molecule has 0 heterocycles. The van der Waals surface area contributed by atoms with Gasteiger partial charge in [0, 0.05) is 11.6 Å². The van der Waals surface area contributed by atoms with Gasteiger partial charge in [-0.1, -0.05) is 0 Å². The molecule has 0 unspecified atom stereocenters. The third kappa shape index (κ3) is 2.98. The van der Waals surface area contributed by atoms with Gasteiger partial charge in [0.15, 0.2) is 5.78 Å². The number of ether oxygens (including phenoxy) is 2. The van der Waals surface area contributed by atoms with Gasteiger partial charge < -0.3 is 14.6 Å². The number of ketones is 1. The van der Waals surface area contributed by atoms with Gasteiger partial charge in [-0.25, -0.2) is 0 Å². The maximum atomic E-state index is 11.5. The van der Waals surface area contributed by atoms with Crippen LogP contribution in [0.25, 0.3) is 0 Å². The molecular weight excluding hydrogens is 212 g/mol. The Morgan fingerprint density at radius 3 is 2.00 bits per heavy atom. The Morgan fingerprint density at radius 1 is 1.12 bits per heavy atom. The number of rotatable bonds is 5. The maximum Gasteiger partial charge on any atom is 0.311 e. The van der Waals surface area contributed by atoms with Crippen LogP contribution in [-0.2, 0) is 4.79 Å². The SMILES string of the molecule is COc1cc(OC)cc(C(=O)CC(=O)O)c1. The van der Waals surface area contributed by atoms with Crippen LogP contribution in [0.3, 0.4) is 0 Å². The molecule has 0 spiro atoms. The molecule has 1 N–H and O–H groups in total. The minimum atomic E-state index is -1.16. The highest BCUT2D eigenvalue weighted by atomic mass is 16.5.